The van der Waals surface area contributed by atoms with E-state index in [0.717, 1.165) is 0 Å². The van der Waals surface area contributed by atoms with Crippen molar-refractivity contribution in [3.8, 4) is 11.8 Å². The average Bonchev–Trinajstić information content (AvgIpc) is 3.09. The van der Waals surface area contributed by atoms with E-state index in [9.17, 15) is 18.5 Å². The second-order valence-corrected chi connectivity index (χ2v) is 8.40. The SMILES string of the molecule is COc1ccccc1/C=C(\C#N)C(=O)Nc1ccc(S(=O)(=O)Nc2onc(C)c2C)cc1. The van der Waals surface area contributed by atoms with Crippen LogP contribution in [0.15, 0.2) is 63.5 Å². The summed E-state index contributed by atoms with van der Waals surface area (Å²) in [6, 6.07) is 14.3. The number of aromatic nitrogens is 1. The Balaban J connectivity index is 1.76. The molecule has 0 aliphatic rings. The highest BCUT2D eigenvalue weighted by Crippen LogP contribution is 2.23. The van der Waals surface area contributed by atoms with Crippen molar-refractivity contribution >= 4 is 33.6 Å². The molecule has 0 bridgehead atoms. The van der Waals surface area contributed by atoms with E-state index < -0.39 is 15.9 Å². The third kappa shape index (κ3) is 4.96. The van der Waals surface area contributed by atoms with Crippen molar-refractivity contribution < 1.29 is 22.5 Å². The molecule has 32 heavy (non-hydrogen) atoms. The van der Waals surface area contributed by atoms with Gasteiger partial charge < -0.3 is 14.6 Å². The summed E-state index contributed by atoms with van der Waals surface area (Å²) in [6.45, 7) is 3.39. The van der Waals surface area contributed by atoms with E-state index in [0.29, 0.717) is 28.3 Å². The summed E-state index contributed by atoms with van der Waals surface area (Å²) in [6.07, 6.45) is 1.42. The smallest absolute Gasteiger partial charge is 0.266 e. The molecule has 0 aliphatic carbocycles. The minimum Gasteiger partial charge on any atom is -0.496 e. The van der Waals surface area contributed by atoms with Crippen LogP contribution in [0, 0.1) is 25.2 Å². The number of anilines is 2. The largest absolute Gasteiger partial charge is 0.496 e. The third-order valence-electron chi connectivity index (χ3n) is 4.61. The van der Waals surface area contributed by atoms with Crippen LogP contribution in [0.2, 0.25) is 0 Å². The fourth-order valence-corrected chi connectivity index (χ4v) is 3.74. The Hall–Kier alpha value is -4.10. The van der Waals surface area contributed by atoms with Gasteiger partial charge in [-0.25, -0.2) is 13.1 Å². The van der Waals surface area contributed by atoms with E-state index in [2.05, 4.69) is 15.2 Å². The van der Waals surface area contributed by atoms with E-state index in [1.54, 1.807) is 38.1 Å². The van der Waals surface area contributed by atoms with Crippen molar-refractivity contribution in [3.63, 3.8) is 0 Å². The highest BCUT2D eigenvalue weighted by atomic mass is 32.2. The van der Waals surface area contributed by atoms with Crippen LogP contribution in [0.5, 0.6) is 5.75 Å². The van der Waals surface area contributed by atoms with Crippen molar-refractivity contribution in [2.75, 3.05) is 17.1 Å². The Morgan fingerprint density at radius 1 is 1.16 bits per heavy atom. The molecule has 0 atom stereocenters. The highest BCUT2D eigenvalue weighted by molar-refractivity contribution is 7.92. The van der Waals surface area contributed by atoms with E-state index in [4.69, 9.17) is 9.26 Å². The summed E-state index contributed by atoms with van der Waals surface area (Å²) in [4.78, 5) is 12.5. The van der Waals surface area contributed by atoms with Crippen LogP contribution >= 0.6 is 0 Å². The molecule has 0 unspecified atom stereocenters. The molecule has 3 rings (SSSR count). The molecule has 0 saturated carbocycles. The van der Waals surface area contributed by atoms with Gasteiger partial charge in [0.25, 0.3) is 15.9 Å². The topological polar surface area (TPSA) is 134 Å². The Bertz CT molecular complexity index is 1320. The maximum absolute atomic E-state index is 12.6. The molecular weight excluding hydrogens is 432 g/mol. The lowest BCUT2D eigenvalue weighted by molar-refractivity contribution is -0.112. The molecule has 1 amide bonds. The third-order valence-corrected chi connectivity index (χ3v) is 5.96. The highest BCUT2D eigenvalue weighted by Gasteiger charge is 2.19. The van der Waals surface area contributed by atoms with Gasteiger partial charge in [-0.05, 0) is 50.3 Å². The molecule has 0 saturated heterocycles. The lowest BCUT2D eigenvalue weighted by Crippen LogP contribution is -2.15. The number of carbonyl (C=O) groups excluding carboxylic acids is 1. The van der Waals surface area contributed by atoms with Crippen molar-refractivity contribution in [2.24, 2.45) is 0 Å². The number of nitrogens with zero attached hydrogens (tertiary/aromatic N) is 2. The maximum atomic E-state index is 12.6. The first kappa shape index (κ1) is 22.6. The molecule has 10 heteroatoms. The van der Waals surface area contributed by atoms with Crippen LogP contribution in [-0.4, -0.2) is 26.6 Å². The number of rotatable bonds is 7. The van der Waals surface area contributed by atoms with E-state index in [1.807, 2.05) is 6.07 Å². The summed E-state index contributed by atoms with van der Waals surface area (Å²) in [5, 5.41) is 15.7. The van der Waals surface area contributed by atoms with Gasteiger partial charge in [0.05, 0.1) is 17.7 Å². The van der Waals surface area contributed by atoms with E-state index in [1.165, 1.54) is 37.5 Å². The monoisotopic (exact) mass is 452 g/mol. The number of nitrogens with one attached hydrogen (secondary N) is 2. The number of hydrogen-bond donors (Lipinski definition) is 2. The number of carbonyl (C=O) groups is 1. The first-order valence-corrected chi connectivity index (χ1v) is 10.9. The van der Waals surface area contributed by atoms with Gasteiger partial charge in [0.1, 0.15) is 17.4 Å². The molecule has 1 aromatic heterocycles. The average molecular weight is 452 g/mol. The molecule has 2 N–H and O–H groups in total. The van der Waals surface area contributed by atoms with Crippen molar-refractivity contribution in [1.82, 2.24) is 5.16 Å². The number of aryl methyl sites for hydroxylation is 1. The summed E-state index contributed by atoms with van der Waals surface area (Å²) in [5.74, 6) is -0.0767. The fraction of sp³-hybridized carbons (Fsp3) is 0.136. The maximum Gasteiger partial charge on any atom is 0.266 e. The predicted octanol–water partition coefficient (Wildman–Crippen LogP) is 3.65. The summed E-state index contributed by atoms with van der Waals surface area (Å²) >= 11 is 0. The summed E-state index contributed by atoms with van der Waals surface area (Å²) < 4.78 is 37.7. The second-order valence-electron chi connectivity index (χ2n) is 6.72. The van der Waals surface area contributed by atoms with Gasteiger partial charge in [-0.2, -0.15) is 5.26 Å². The first-order valence-electron chi connectivity index (χ1n) is 9.37. The Morgan fingerprint density at radius 2 is 1.84 bits per heavy atom. The number of sulfonamides is 1. The van der Waals surface area contributed by atoms with Crippen molar-refractivity contribution in [1.29, 1.82) is 5.26 Å². The molecule has 0 spiro atoms. The van der Waals surface area contributed by atoms with Crippen LogP contribution in [0.3, 0.4) is 0 Å². The Labute approximate surface area is 185 Å². The zero-order valence-electron chi connectivity index (χ0n) is 17.5. The van der Waals surface area contributed by atoms with Gasteiger partial charge in [0, 0.05) is 16.8 Å². The van der Waals surface area contributed by atoms with Crippen molar-refractivity contribution in [2.45, 2.75) is 18.7 Å². The molecule has 0 aliphatic heterocycles. The second kappa shape index (κ2) is 9.36. The van der Waals surface area contributed by atoms with Crippen LogP contribution < -0.4 is 14.8 Å². The Morgan fingerprint density at radius 3 is 2.44 bits per heavy atom. The number of hydrogen-bond acceptors (Lipinski definition) is 7. The van der Waals surface area contributed by atoms with E-state index >= 15 is 0 Å². The number of ether oxygens (including phenoxy) is 1. The number of methoxy groups -OCH3 is 1. The van der Waals surface area contributed by atoms with Crippen LogP contribution in [0.1, 0.15) is 16.8 Å². The number of amides is 1. The molecule has 2 aromatic carbocycles. The zero-order chi connectivity index (χ0) is 23.3. The quantitative estimate of drug-likeness (QED) is 0.413. The standard InChI is InChI=1S/C22H20N4O5S/c1-14-15(2)25-31-22(14)26-32(28,29)19-10-8-18(9-11-19)24-21(27)17(13-23)12-16-6-4-5-7-20(16)30-3/h4-12,26H,1-3H3,(H,24,27)/b17-12+. The lowest BCUT2D eigenvalue weighted by atomic mass is 10.1. The van der Waals surface area contributed by atoms with Crippen LogP contribution in [-0.2, 0) is 14.8 Å². The first-order chi connectivity index (χ1) is 15.2. The molecular formula is C22H20N4O5S. The zero-order valence-corrected chi connectivity index (χ0v) is 18.4. The molecule has 1 heterocycles. The number of benzene rings is 2. The predicted molar refractivity (Wildman–Crippen MR) is 118 cm³/mol. The van der Waals surface area contributed by atoms with Gasteiger partial charge in [-0.1, -0.05) is 23.4 Å². The lowest BCUT2D eigenvalue weighted by Gasteiger charge is -2.08. The number of nitriles is 1. The molecule has 0 fully saturated rings. The summed E-state index contributed by atoms with van der Waals surface area (Å²) in [5.41, 5.74) is 1.93. The normalized spacial score (nSPS) is 11.5. The Kier molecular flexibility index (Phi) is 6.61. The van der Waals surface area contributed by atoms with Crippen LogP contribution in [0.4, 0.5) is 11.6 Å². The van der Waals surface area contributed by atoms with Gasteiger partial charge in [-0.3, -0.25) is 4.79 Å². The van der Waals surface area contributed by atoms with Crippen LogP contribution in [0.25, 0.3) is 6.08 Å². The number of para-hydroxylation sites is 1. The fourth-order valence-electron chi connectivity index (χ4n) is 2.70. The van der Waals surface area contributed by atoms with Gasteiger partial charge >= 0.3 is 0 Å². The molecule has 164 valence electrons. The minimum atomic E-state index is -3.91. The molecule has 0 radical (unpaired) electrons. The van der Waals surface area contributed by atoms with Gasteiger partial charge in [-0.15, -0.1) is 0 Å². The molecule has 9 nitrogen and oxygen atoms in total. The van der Waals surface area contributed by atoms with Gasteiger partial charge in [0.15, 0.2) is 0 Å². The molecule has 3 aromatic rings. The summed E-state index contributed by atoms with van der Waals surface area (Å²) in [7, 11) is -2.42. The van der Waals surface area contributed by atoms with Crippen molar-refractivity contribution in [3.05, 3.63) is 70.9 Å². The van der Waals surface area contributed by atoms with E-state index in [-0.39, 0.29) is 16.4 Å². The van der Waals surface area contributed by atoms with Gasteiger partial charge in [0.2, 0.25) is 5.88 Å². The minimum absolute atomic E-state index is 0.0333.